The topological polar surface area (TPSA) is 118 Å². The summed E-state index contributed by atoms with van der Waals surface area (Å²) in [6, 6.07) is 5.56. The average Bonchev–Trinajstić information content (AvgIpc) is 2.89. The van der Waals surface area contributed by atoms with Crippen LogP contribution in [0.5, 0.6) is 5.75 Å². The third-order valence-corrected chi connectivity index (χ3v) is 5.38. The Morgan fingerprint density at radius 1 is 1.21 bits per heavy atom. The van der Waals surface area contributed by atoms with Gasteiger partial charge in [0, 0.05) is 37.8 Å². The average molecular weight is 415 g/mol. The minimum absolute atomic E-state index is 0.0930. The van der Waals surface area contributed by atoms with Crippen LogP contribution in [0.15, 0.2) is 30.5 Å². The number of nitrogens with one attached hydrogen (secondary N) is 1. The number of aromatic nitrogens is 1. The van der Waals surface area contributed by atoms with E-state index in [0.717, 1.165) is 4.31 Å². The minimum Gasteiger partial charge on any atom is -0.432 e. The summed E-state index contributed by atoms with van der Waals surface area (Å²) in [5.41, 5.74) is 0.569. The third-order valence-electron chi connectivity index (χ3n) is 4.29. The largest absolute Gasteiger partial charge is 0.432 e. The van der Waals surface area contributed by atoms with Gasteiger partial charge in [0.2, 0.25) is 0 Å². The summed E-state index contributed by atoms with van der Waals surface area (Å²) >= 11 is 0. The SMILES string of the molecule is NS(=O)(=O)N1CCCN(C(=O)Nc2ccc(OC(F)F)c3ncccc23)CC1. The molecule has 0 spiro atoms. The molecule has 1 aliphatic heterocycles. The van der Waals surface area contributed by atoms with Crippen molar-refractivity contribution in [1.82, 2.24) is 14.2 Å². The number of anilines is 1. The number of benzene rings is 1. The lowest BCUT2D eigenvalue weighted by molar-refractivity contribution is -0.0489. The van der Waals surface area contributed by atoms with Crippen LogP contribution >= 0.6 is 0 Å². The van der Waals surface area contributed by atoms with Crippen LogP contribution in [0.25, 0.3) is 10.9 Å². The molecule has 0 unspecified atom stereocenters. The number of rotatable bonds is 4. The third kappa shape index (κ3) is 4.64. The maximum Gasteiger partial charge on any atom is 0.387 e. The molecule has 2 amide bonds. The van der Waals surface area contributed by atoms with Gasteiger partial charge in [-0.25, -0.2) is 9.93 Å². The van der Waals surface area contributed by atoms with Gasteiger partial charge in [0.05, 0.1) is 5.69 Å². The van der Waals surface area contributed by atoms with Gasteiger partial charge in [-0.1, -0.05) is 0 Å². The van der Waals surface area contributed by atoms with Gasteiger partial charge in [-0.2, -0.15) is 21.5 Å². The van der Waals surface area contributed by atoms with Gasteiger partial charge in [0.1, 0.15) is 5.52 Å². The zero-order chi connectivity index (χ0) is 20.3. The minimum atomic E-state index is -3.81. The molecule has 1 aromatic heterocycles. The van der Waals surface area contributed by atoms with Gasteiger partial charge in [-0.3, -0.25) is 4.98 Å². The molecule has 1 fully saturated rings. The Kier molecular flexibility index (Phi) is 5.91. The summed E-state index contributed by atoms with van der Waals surface area (Å²) in [6.45, 7) is -2.15. The van der Waals surface area contributed by atoms with Crippen LogP contribution in [0.4, 0.5) is 19.3 Å². The molecule has 152 valence electrons. The van der Waals surface area contributed by atoms with Crippen molar-refractivity contribution in [2.75, 3.05) is 31.5 Å². The number of amides is 2. The Morgan fingerprint density at radius 3 is 2.71 bits per heavy atom. The van der Waals surface area contributed by atoms with Crippen molar-refractivity contribution in [1.29, 1.82) is 0 Å². The van der Waals surface area contributed by atoms with Crippen LogP contribution < -0.4 is 15.2 Å². The van der Waals surface area contributed by atoms with Crippen LogP contribution in [0.2, 0.25) is 0 Å². The number of hydrogen-bond acceptors (Lipinski definition) is 5. The molecule has 9 nitrogen and oxygen atoms in total. The molecule has 1 aromatic carbocycles. The highest BCUT2D eigenvalue weighted by atomic mass is 32.2. The van der Waals surface area contributed by atoms with Crippen molar-refractivity contribution < 1.29 is 26.7 Å². The molecule has 2 aromatic rings. The standard InChI is InChI=1S/C16H19F2N5O4S/c17-15(18)27-13-5-4-12(11-3-1-6-20-14(11)13)21-16(24)22-7-2-8-23(10-9-22)28(19,25)26/h1,3-6,15H,2,7-10H2,(H,21,24)(H2,19,25,26). The fraction of sp³-hybridized carbons (Fsp3) is 0.375. The number of carbonyl (C=O) groups is 1. The zero-order valence-corrected chi connectivity index (χ0v) is 15.5. The molecule has 0 radical (unpaired) electrons. The first-order valence-corrected chi connectivity index (χ1v) is 9.92. The number of nitrogens with two attached hydrogens (primary N) is 1. The lowest BCUT2D eigenvalue weighted by atomic mass is 10.1. The molecule has 1 saturated heterocycles. The monoisotopic (exact) mass is 415 g/mol. The molecule has 3 N–H and O–H groups in total. The van der Waals surface area contributed by atoms with E-state index in [2.05, 4.69) is 15.0 Å². The van der Waals surface area contributed by atoms with E-state index < -0.39 is 22.9 Å². The van der Waals surface area contributed by atoms with E-state index in [-0.39, 0.29) is 30.9 Å². The summed E-state index contributed by atoms with van der Waals surface area (Å²) in [5.74, 6) is -0.0952. The number of fused-ring (bicyclic) bond motifs is 1. The molecular formula is C16H19F2N5O4S. The number of halogens is 2. The van der Waals surface area contributed by atoms with Gasteiger partial charge in [0.15, 0.2) is 5.75 Å². The van der Waals surface area contributed by atoms with E-state index in [4.69, 9.17) is 5.14 Å². The smallest absolute Gasteiger partial charge is 0.387 e. The Bertz CT molecular complexity index is 973. The maximum atomic E-state index is 12.6. The second kappa shape index (κ2) is 8.20. The number of carbonyl (C=O) groups excluding carboxylic acids is 1. The van der Waals surface area contributed by atoms with Crippen molar-refractivity contribution in [3.8, 4) is 5.75 Å². The Hall–Kier alpha value is -2.57. The van der Waals surface area contributed by atoms with E-state index in [1.165, 1.54) is 23.2 Å². The molecule has 0 aliphatic carbocycles. The second-order valence-corrected chi connectivity index (χ2v) is 7.65. The fourth-order valence-electron chi connectivity index (χ4n) is 2.99. The van der Waals surface area contributed by atoms with Crippen molar-refractivity contribution >= 4 is 32.8 Å². The lowest BCUT2D eigenvalue weighted by Crippen LogP contribution is -2.41. The number of hydrogen-bond donors (Lipinski definition) is 2. The number of pyridine rings is 1. The van der Waals surface area contributed by atoms with E-state index in [9.17, 15) is 22.0 Å². The van der Waals surface area contributed by atoms with E-state index in [1.807, 2.05) is 0 Å². The van der Waals surface area contributed by atoms with Crippen molar-refractivity contribution in [2.24, 2.45) is 5.14 Å². The molecule has 12 heteroatoms. The molecule has 0 bridgehead atoms. The summed E-state index contributed by atoms with van der Waals surface area (Å²) in [6.07, 6.45) is 1.87. The van der Waals surface area contributed by atoms with Crippen LogP contribution in [-0.4, -0.2) is 61.4 Å². The molecule has 1 aliphatic rings. The first kappa shape index (κ1) is 20.2. The number of urea groups is 1. The summed E-state index contributed by atoms with van der Waals surface area (Å²) in [7, 11) is -3.81. The van der Waals surface area contributed by atoms with Crippen molar-refractivity contribution in [2.45, 2.75) is 13.0 Å². The fourth-order valence-corrected chi connectivity index (χ4v) is 3.71. The van der Waals surface area contributed by atoms with Crippen LogP contribution in [-0.2, 0) is 10.2 Å². The van der Waals surface area contributed by atoms with Gasteiger partial charge >= 0.3 is 12.6 Å². The first-order valence-electron chi connectivity index (χ1n) is 8.42. The predicted molar refractivity (Wildman–Crippen MR) is 98.3 cm³/mol. The Balaban J connectivity index is 1.78. The van der Waals surface area contributed by atoms with Crippen molar-refractivity contribution in [3.05, 3.63) is 30.5 Å². The second-order valence-electron chi connectivity index (χ2n) is 6.10. The molecular weight excluding hydrogens is 396 g/mol. The summed E-state index contributed by atoms with van der Waals surface area (Å²) in [4.78, 5) is 18.2. The van der Waals surface area contributed by atoms with Crippen molar-refractivity contribution in [3.63, 3.8) is 0 Å². The quantitative estimate of drug-likeness (QED) is 0.786. The molecule has 3 rings (SSSR count). The zero-order valence-electron chi connectivity index (χ0n) is 14.7. The highest BCUT2D eigenvalue weighted by molar-refractivity contribution is 7.86. The van der Waals surface area contributed by atoms with Crippen LogP contribution in [0, 0.1) is 0 Å². The van der Waals surface area contributed by atoms with Crippen LogP contribution in [0.1, 0.15) is 6.42 Å². The summed E-state index contributed by atoms with van der Waals surface area (Å²) < 4.78 is 53.7. The number of ether oxygens (including phenoxy) is 1. The maximum absolute atomic E-state index is 12.6. The van der Waals surface area contributed by atoms with E-state index >= 15 is 0 Å². The van der Waals surface area contributed by atoms with E-state index in [0.29, 0.717) is 24.0 Å². The Morgan fingerprint density at radius 2 is 2.00 bits per heavy atom. The highest BCUT2D eigenvalue weighted by Crippen LogP contribution is 2.31. The summed E-state index contributed by atoms with van der Waals surface area (Å²) in [5, 5.41) is 8.30. The molecule has 2 heterocycles. The lowest BCUT2D eigenvalue weighted by Gasteiger charge is -2.22. The van der Waals surface area contributed by atoms with Gasteiger partial charge in [-0.05, 0) is 30.7 Å². The van der Waals surface area contributed by atoms with E-state index in [1.54, 1.807) is 12.1 Å². The van der Waals surface area contributed by atoms with Crippen LogP contribution in [0.3, 0.4) is 0 Å². The Labute approximate surface area is 160 Å². The first-order chi connectivity index (χ1) is 13.3. The van der Waals surface area contributed by atoms with Gasteiger partial charge in [-0.15, -0.1) is 0 Å². The van der Waals surface area contributed by atoms with Gasteiger partial charge in [0.25, 0.3) is 10.2 Å². The molecule has 0 saturated carbocycles. The van der Waals surface area contributed by atoms with Gasteiger partial charge < -0.3 is 15.0 Å². The molecule has 0 atom stereocenters. The molecule has 28 heavy (non-hydrogen) atoms. The number of nitrogens with zero attached hydrogens (tertiary/aromatic N) is 3. The highest BCUT2D eigenvalue weighted by Gasteiger charge is 2.24. The predicted octanol–water partition coefficient (Wildman–Crippen LogP) is 1.58. The number of alkyl halides is 2. The normalized spacial score (nSPS) is 16.2.